The average Bonchev–Trinajstić information content (AvgIpc) is 3.31. The van der Waals surface area contributed by atoms with Crippen molar-refractivity contribution >= 4 is 40.0 Å². The molecule has 4 heterocycles. The molecule has 0 fully saturated rings. The summed E-state index contributed by atoms with van der Waals surface area (Å²) in [6.07, 6.45) is 3.42. The Kier molecular flexibility index (Phi) is 5.32. The molecule has 2 amide bonds. The lowest BCUT2D eigenvalue weighted by molar-refractivity contribution is 0.253. The minimum atomic E-state index is -0.434. The smallest absolute Gasteiger partial charge is 0.290 e. The van der Waals surface area contributed by atoms with Gasteiger partial charge in [0, 0.05) is 35.8 Å². The first-order valence-electron chi connectivity index (χ1n) is 9.45. The standard InChI is InChI=1S/C20H22N8OS/c1-11(2)14-9-15(22-18-17(14)12(3)27-28(18)4)25-26-20(29)24-16-10-30-19(23-16)13-5-7-21-8-6-13/h5-11H,1-4H3,(H,22,25)(H2,24,26,29). The Balaban J connectivity index is 1.46. The predicted molar refractivity (Wildman–Crippen MR) is 118 cm³/mol. The second-order valence-electron chi connectivity index (χ2n) is 7.14. The summed E-state index contributed by atoms with van der Waals surface area (Å²) >= 11 is 1.45. The molecule has 0 atom stereocenters. The molecule has 0 spiro atoms. The number of hydrazine groups is 1. The number of nitrogens with zero attached hydrogens (tertiary/aromatic N) is 5. The van der Waals surface area contributed by atoms with Gasteiger partial charge in [0.15, 0.2) is 5.65 Å². The number of aryl methyl sites for hydroxylation is 2. The zero-order chi connectivity index (χ0) is 21.3. The number of nitrogens with one attached hydrogen (secondary N) is 3. The van der Waals surface area contributed by atoms with Crippen LogP contribution in [0.15, 0.2) is 36.0 Å². The Morgan fingerprint density at radius 3 is 2.67 bits per heavy atom. The summed E-state index contributed by atoms with van der Waals surface area (Å²) in [5.41, 5.74) is 9.28. The molecule has 0 saturated carbocycles. The van der Waals surface area contributed by atoms with Gasteiger partial charge in [-0.3, -0.25) is 20.4 Å². The average molecular weight is 423 g/mol. The van der Waals surface area contributed by atoms with Crippen LogP contribution in [0, 0.1) is 6.92 Å². The summed E-state index contributed by atoms with van der Waals surface area (Å²) in [5.74, 6) is 1.30. The van der Waals surface area contributed by atoms with Crippen LogP contribution in [0.2, 0.25) is 0 Å². The fourth-order valence-corrected chi connectivity index (χ4v) is 3.98. The minimum Gasteiger partial charge on any atom is -0.290 e. The van der Waals surface area contributed by atoms with Gasteiger partial charge in [-0.25, -0.2) is 20.2 Å². The lowest BCUT2D eigenvalue weighted by Crippen LogP contribution is -2.34. The number of carbonyl (C=O) groups is 1. The predicted octanol–water partition coefficient (Wildman–Crippen LogP) is 4.07. The Bertz CT molecular complexity index is 1200. The second kappa shape index (κ2) is 8.07. The molecule has 0 unspecified atom stereocenters. The Labute approximate surface area is 177 Å². The third kappa shape index (κ3) is 3.94. The van der Waals surface area contributed by atoms with E-state index in [2.05, 4.69) is 50.1 Å². The summed E-state index contributed by atoms with van der Waals surface area (Å²) < 4.78 is 1.75. The van der Waals surface area contributed by atoms with Crippen LogP contribution < -0.4 is 16.2 Å². The van der Waals surface area contributed by atoms with Crippen molar-refractivity contribution < 1.29 is 4.79 Å². The Morgan fingerprint density at radius 1 is 1.17 bits per heavy atom. The number of urea groups is 1. The van der Waals surface area contributed by atoms with Crippen LogP contribution in [0.25, 0.3) is 21.6 Å². The lowest BCUT2D eigenvalue weighted by atomic mass is 10.00. The molecule has 0 bridgehead atoms. The molecule has 154 valence electrons. The van der Waals surface area contributed by atoms with Gasteiger partial charge in [0.05, 0.1) is 5.69 Å². The quantitative estimate of drug-likeness (QED) is 0.418. The first-order chi connectivity index (χ1) is 14.4. The maximum atomic E-state index is 12.3. The van der Waals surface area contributed by atoms with E-state index in [1.807, 2.05) is 32.2 Å². The van der Waals surface area contributed by atoms with E-state index in [1.165, 1.54) is 11.3 Å². The molecule has 30 heavy (non-hydrogen) atoms. The molecular formula is C20H22N8OS. The summed E-state index contributed by atoms with van der Waals surface area (Å²) in [6, 6.07) is 5.25. The van der Waals surface area contributed by atoms with Gasteiger partial charge in [-0.1, -0.05) is 13.8 Å². The molecule has 0 saturated heterocycles. The van der Waals surface area contributed by atoms with E-state index in [0.717, 1.165) is 32.9 Å². The number of amides is 2. The molecule has 4 aromatic heterocycles. The molecule has 3 N–H and O–H groups in total. The largest absolute Gasteiger partial charge is 0.339 e. The van der Waals surface area contributed by atoms with E-state index >= 15 is 0 Å². The molecule has 9 nitrogen and oxygen atoms in total. The maximum Gasteiger partial charge on any atom is 0.339 e. The summed E-state index contributed by atoms with van der Waals surface area (Å²) in [7, 11) is 1.86. The highest BCUT2D eigenvalue weighted by molar-refractivity contribution is 7.13. The van der Waals surface area contributed by atoms with Crippen molar-refractivity contribution in [2.24, 2.45) is 7.05 Å². The molecule has 4 rings (SSSR count). The second-order valence-corrected chi connectivity index (χ2v) is 8.00. The maximum absolute atomic E-state index is 12.3. The van der Waals surface area contributed by atoms with Gasteiger partial charge in [-0.05, 0) is 36.6 Å². The van der Waals surface area contributed by atoms with Crippen molar-refractivity contribution in [3.8, 4) is 10.6 Å². The first kappa shape index (κ1) is 19.8. The van der Waals surface area contributed by atoms with Crippen molar-refractivity contribution in [3.05, 3.63) is 47.2 Å². The van der Waals surface area contributed by atoms with Crippen LogP contribution in [-0.4, -0.2) is 30.8 Å². The zero-order valence-electron chi connectivity index (χ0n) is 17.1. The van der Waals surface area contributed by atoms with Gasteiger partial charge in [0.2, 0.25) is 0 Å². The number of thiazole rings is 1. The highest BCUT2D eigenvalue weighted by atomic mass is 32.1. The molecule has 0 aliphatic heterocycles. The molecular weight excluding hydrogens is 400 g/mol. The van der Waals surface area contributed by atoms with Crippen molar-refractivity contribution in [1.82, 2.24) is 30.2 Å². The van der Waals surface area contributed by atoms with Crippen molar-refractivity contribution in [2.75, 3.05) is 10.7 Å². The molecule has 4 aromatic rings. The first-order valence-corrected chi connectivity index (χ1v) is 10.3. The van der Waals surface area contributed by atoms with E-state index in [0.29, 0.717) is 11.6 Å². The van der Waals surface area contributed by atoms with Gasteiger partial charge in [0.25, 0.3) is 0 Å². The van der Waals surface area contributed by atoms with E-state index in [1.54, 1.807) is 22.5 Å². The Morgan fingerprint density at radius 2 is 1.93 bits per heavy atom. The van der Waals surface area contributed by atoms with Crippen molar-refractivity contribution in [1.29, 1.82) is 0 Å². The van der Waals surface area contributed by atoms with Crippen LogP contribution in [0.4, 0.5) is 16.4 Å². The van der Waals surface area contributed by atoms with Crippen molar-refractivity contribution in [3.63, 3.8) is 0 Å². The number of aromatic nitrogens is 5. The van der Waals surface area contributed by atoms with Gasteiger partial charge in [-0.15, -0.1) is 11.3 Å². The third-order valence-electron chi connectivity index (χ3n) is 4.60. The van der Waals surface area contributed by atoms with Gasteiger partial charge in [0.1, 0.15) is 16.6 Å². The molecule has 0 aromatic carbocycles. The van der Waals surface area contributed by atoms with Crippen LogP contribution in [0.5, 0.6) is 0 Å². The van der Waals surface area contributed by atoms with Crippen LogP contribution >= 0.6 is 11.3 Å². The molecule has 0 aliphatic rings. The number of anilines is 2. The van der Waals surface area contributed by atoms with Crippen LogP contribution in [-0.2, 0) is 7.05 Å². The number of hydrogen-bond acceptors (Lipinski definition) is 7. The molecule has 10 heteroatoms. The lowest BCUT2D eigenvalue weighted by Gasteiger charge is -2.13. The summed E-state index contributed by atoms with van der Waals surface area (Å²) in [6.45, 7) is 6.21. The fraction of sp³-hybridized carbons (Fsp3) is 0.250. The number of hydrogen-bond donors (Lipinski definition) is 3. The van der Waals surface area contributed by atoms with E-state index < -0.39 is 6.03 Å². The molecule has 0 aliphatic carbocycles. The van der Waals surface area contributed by atoms with E-state index in [4.69, 9.17) is 0 Å². The minimum absolute atomic E-state index is 0.286. The van der Waals surface area contributed by atoms with Gasteiger partial charge in [-0.2, -0.15) is 5.10 Å². The Hall–Kier alpha value is -3.53. The SMILES string of the molecule is Cc1nn(C)c2nc(NNC(=O)Nc3csc(-c4ccncc4)n3)cc(C(C)C)c12. The number of carbonyl (C=O) groups excluding carboxylic acids is 1. The highest BCUT2D eigenvalue weighted by Gasteiger charge is 2.16. The third-order valence-corrected chi connectivity index (χ3v) is 5.49. The van der Waals surface area contributed by atoms with E-state index in [9.17, 15) is 4.79 Å². The van der Waals surface area contributed by atoms with Gasteiger partial charge < -0.3 is 0 Å². The number of pyridine rings is 2. The highest BCUT2D eigenvalue weighted by Crippen LogP contribution is 2.29. The summed E-state index contributed by atoms with van der Waals surface area (Å²) in [4.78, 5) is 25.3. The van der Waals surface area contributed by atoms with Gasteiger partial charge >= 0.3 is 6.03 Å². The zero-order valence-corrected chi connectivity index (χ0v) is 17.9. The number of fused-ring (bicyclic) bond motifs is 1. The number of rotatable bonds is 5. The summed E-state index contributed by atoms with van der Waals surface area (Å²) in [5, 5.41) is 10.8. The van der Waals surface area contributed by atoms with Crippen molar-refractivity contribution in [2.45, 2.75) is 26.7 Å². The topological polar surface area (TPSA) is 110 Å². The fourth-order valence-electron chi connectivity index (χ4n) is 3.22. The van der Waals surface area contributed by atoms with E-state index in [-0.39, 0.29) is 5.92 Å². The molecule has 0 radical (unpaired) electrons. The monoisotopic (exact) mass is 422 g/mol. The van der Waals surface area contributed by atoms with Crippen LogP contribution in [0.3, 0.4) is 0 Å². The normalized spacial score (nSPS) is 11.1. The van der Waals surface area contributed by atoms with Crippen LogP contribution in [0.1, 0.15) is 31.0 Å².